The lowest BCUT2D eigenvalue weighted by Crippen LogP contribution is -2.69. The Balaban J connectivity index is 1.47. The fourth-order valence-corrected chi connectivity index (χ4v) is 8.23. The summed E-state index contributed by atoms with van der Waals surface area (Å²) in [6.07, 6.45) is 5.19. The Bertz CT molecular complexity index is 1460. The molecule has 4 aliphatic rings. The highest BCUT2D eigenvalue weighted by molar-refractivity contribution is 5.94. The van der Waals surface area contributed by atoms with E-state index in [4.69, 9.17) is 14.2 Å². The molecule has 0 unspecified atom stereocenters. The van der Waals surface area contributed by atoms with Gasteiger partial charge in [0.2, 0.25) is 0 Å². The SMILES string of the molecule is C=CCN1CC[C@]23c4c5c(OC(C)=O)cc(OC)c4O[C@H]2[C@H](N(CC(C)C)C(=O)C#Cc2ccccc2)CC[C@H]3[C@H]1C5. The summed E-state index contributed by atoms with van der Waals surface area (Å²) in [5.74, 6) is 7.98. The molecule has 220 valence electrons. The highest BCUT2D eigenvalue weighted by Gasteiger charge is 2.67. The lowest BCUT2D eigenvalue weighted by Gasteiger charge is -2.60. The van der Waals surface area contributed by atoms with Crippen LogP contribution in [0.3, 0.4) is 0 Å². The summed E-state index contributed by atoms with van der Waals surface area (Å²) < 4.78 is 18.7. The van der Waals surface area contributed by atoms with Gasteiger partial charge in [0.25, 0.3) is 5.91 Å². The molecule has 2 bridgehead atoms. The second-order valence-corrected chi connectivity index (χ2v) is 12.5. The van der Waals surface area contributed by atoms with Gasteiger partial charge in [0.1, 0.15) is 11.9 Å². The van der Waals surface area contributed by atoms with Gasteiger partial charge in [-0.25, -0.2) is 0 Å². The molecule has 1 amide bonds. The largest absolute Gasteiger partial charge is 0.493 e. The second kappa shape index (κ2) is 11.1. The number of rotatable bonds is 7. The quantitative estimate of drug-likeness (QED) is 0.208. The third kappa shape index (κ3) is 4.57. The lowest BCUT2D eigenvalue weighted by atomic mass is 9.50. The van der Waals surface area contributed by atoms with E-state index >= 15 is 0 Å². The van der Waals surface area contributed by atoms with E-state index in [1.54, 1.807) is 13.2 Å². The topological polar surface area (TPSA) is 68.3 Å². The average molecular weight is 569 g/mol. The maximum absolute atomic E-state index is 13.9. The number of benzene rings is 2. The smallest absolute Gasteiger partial charge is 0.308 e. The van der Waals surface area contributed by atoms with E-state index in [0.29, 0.717) is 24.0 Å². The maximum atomic E-state index is 13.9. The van der Waals surface area contributed by atoms with Crippen LogP contribution in [-0.2, 0) is 21.4 Å². The molecule has 0 radical (unpaired) electrons. The number of carbonyl (C=O) groups is 2. The van der Waals surface area contributed by atoms with Crippen molar-refractivity contribution < 1.29 is 23.8 Å². The van der Waals surface area contributed by atoms with E-state index in [2.05, 4.69) is 37.2 Å². The van der Waals surface area contributed by atoms with E-state index in [1.165, 1.54) is 6.92 Å². The number of esters is 1. The van der Waals surface area contributed by atoms with Crippen molar-refractivity contribution >= 4 is 11.9 Å². The molecule has 6 rings (SSSR count). The molecule has 1 saturated heterocycles. The first kappa shape index (κ1) is 28.4. The molecule has 0 N–H and O–H groups in total. The van der Waals surface area contributed by atoms with Gasteiger partial charge in [0, 0.05) is 60.1 Å². The monoisotopic (exact) mass is 568 g/mol. The molecule has 1 saturated carbocycles. The number of nitrogens with zero attached hydrogens (tertiary/aromatic N) is 2. The molecule has 0 aromatic heterocycles. The molecule has 2 aliphatic carbocycles. The van der Waals surface area contributed by atoms with Crippen molar-refractivity contribution in [3.63, 3.8) is 0 Å². The van der Waals surface area contributed by atoms with Crippen LogP contribution in [0.4, 0.5) is 0 Å². The normalized spacial score (nSPS) is 26.8. The van der Waals surface area contributed by atoms with Crippen molar-refractivity contribution in [3.8, 4) is 29.1 Å². The number of amides is 1. The first-order chi connectivity index (χ1) is 20.3. The maximum Gasteiger partial charge on any atom is 0.308 e. The number of piperidine rings is 1. The molecule has 5 atom stereocenters. The first-order valence-corrected chi connectivity index (χ1v) is 15.1. The first-order valence-electron chi connectivity index (χ1n) is 15.1. The molecule has 2 aromatic rings. The second-order valence-electron chi connectivity index (χ2n) is 12.5. The molecular formula is C35H40N2O5. The fourth-order valence-electron chi connectivity index (χ4n) is 8.23. The minimum absolute atomic E-state index is 0.145. The van der Waals surface area contributed by atoms with Crippen molar-refractivity contribution in [3.05, 3.63) is 65.7 Å². The average Bonchev–Trinajstić information content (AvgIpc) is 3.31. The molecule has 7 heteroatoms. The summed E-state index contributed by atoms with van der Waals surface area (Å²) in [7, 11) is 1.62. The van der Waals surface area contributed by atoms with Crippen molar-refractivity contribution in [2.24, 2.45) is 11.8 Å². The molecule has 1 spiro atoms. The third-order valence-corrected chi connectivity index (χ3v) is 9.62. The Kier molecular flexibility index (Phi) is 7.53. The van der Waals surface area contributed by atoms with E-state index in [9.17, 15) is 9.59 Å². The summed E-state index contributed by atoms with van der Waals surface area (Å²) in [5, 5.41) is 0. The highest BCUT2D eigenvalue weighted by Crippen LogP contribution is 2.65. The Morgan fingerprint density at radius 1 is 1.24 bits per heavy atom. The van der Waals surface area contributed by atoms with Crippen LogP contribution >= 0.6 is 0 Å². The summed E-state index contributed by atoms with van der Waals surface area (Å²) in [6.45, 7) is 12.0. The fraction of sp³-hybridized carbons (Fsp3) is 0.486. The Labute approximate surface area is 248 Å². The summed E-state index contributed by atoms with van der Waals surface area (Å²) >= 11 is 0. The molecule has 2 aromatic carbocycles. The van der Waals surface area contributed by atoms with Gasteiger partial charge in [0.05, 0.1) is 13.2 Å². The summed E-state index contributed by atoms with van der Waals surface area (Å²) in [5.41, 5.74) is 2.66. The summed E-state index contributed by atoms with van der Waals surface area (Å²) in [4.78, 5) is 30.6. The van der Waals surface area contributed by atoms with Gasteiger partial charge in [0.15, 0.2) is 11.5 Å². The van der Waals surface area contributed by atoms with Crippen LogP contribution in [0, 0.1) is 23.7 Å². The Morgan fingerprint density at radius 2 is 2.02 bits per heavy atom. The minimum atomic E-state index is -0.358. The minimum Gasteiger partial charge on any atom is -0.493 e. The molecule has 2 aliphatic heterocycles. The molecule has 42 heavy (non-hydrogen) atoms. The van der Waals surface area contributed by atoms with Crippen LogP contribution in [0.2, 0.25) is 0 Å². The van der Waals surface area contributed by atoms with Gasteiger partial charge in [-0.3, -0.25) is 14.5 Å². The van der Waals surface area contributed by atoms with Gasteiger partial charge in [-0.2, -0.15) is 0 Å². The molecule has 2 heterocycles. The van der Waals surface area contributed by atoms with Gasteiger partial charge < -0.3 is 19.1 Å². The number of carbonyl (C=O) groups excluding carboxylic acids is 2. The van der Waals surface area contributed by atoms with Crippen LogP contribution < -0.4 is 14.2 Å². The standard InChI is InChI=1S/C35H40N2O5/c1-6-17-36-18-16-35-26-13-14-27(37(21-22(2)3)31(39)15-12-24-10-8-7-9-11-24)34(35)42-33-30(40-5)20-29(41-23(4)38)25(32(33)35)19-28(26)36/h6-11,20,22,26-28,34H,1,13-14,16-19,21H2,2-5H3/t26-,27+,28+,34-,35-/m0/s1. The molecular weight excluding hydrogens is 528 g/mol. The highest BCUT2D eigenvalue weighted by atomic mass is 16.5. The van der Waals surface area contributed by atoms with Crippen LogP contribution in [0.15, 0.2) is 49.1 Å². The number of hydrogen-bond acceptors (Lipinski definition) is 6. The van der Waals surface area contributed by atoms with E-state index in [0.717, 1.165) is 61.2 Å². The van der Waals surface area contributed by atoms with Crippen LogP contribution in [0.5, 0.6) is 17.2 Å². The Morgan fingerprint density at radius 3 is 2.71 bits per heavy atom. The predicted molar refractivity (Wildman–Crippen MR) is 161 cm³/mol. The molecule has 7 nitrogen and oxygen atoms in total. The lowest BCUT2D eigenvalue weighted by molar-refractivity contribution is -0.137. The number of ether oxygens (including phenoxy) is 3. The van der Waals surface area contributed by atoms with Crippen LogP contribution in [0.25, 0.3) is 0 Å². The Hall–Kier alpha value is -3.76. The zero-order valence-corrected chi connectivity index (χ0v) is 25.0. The number of hydrogen-bond donors (Lipinski definition) is 0. The van der Waals surface area contributed by atoms with E-state index in [-0.39, 0.29) is 41.4 Å². The van der Waals surface area contributed by atoms with Crippen molar-refractivity contribution in [1.29, 1.82) is 0 Å². The van der Waals surface area contributed by atoms with Gasteiger partial charge in [-0.15, -0.1) is 6.58 Å². The van der Waals surface area contributed by atoms with Gasteiger partial charge in [-0.1, -0.05) is 44.0 Å². The number of methoxy groups -OCH3 is 1. The van der Waals surface area contributed by atoms with Gasteiger partial charge in [-0.05, 0) is 56.2 Å². The third-order valence-electron chi connectivity index (χ3n) is 9.62. The van der Waals surface area contributed by atoms with E-state index in [1.807, 2.05) is 41.3 Å². The van der Waals surface area contributed by atoms with Crippen LogP contribution in [-0.4, -0.2) is 66.6 Å². The van der Waals surface area contributed by atoms with Crippen molar-refractivity contribution in [2.45, 2.75) is 70.1 Å². The summed E-state index contributed by atoms with van der Waals surface area (Å²) in [6, 6.07) is 11.6. The van der Waals surface area contributed by atoms with Crippen molar-refractivity contribution in [2.75, 3.05) is 26.7 Å². The predicted octanol–water partition coefficient (Wildman–Crippen LogP) is 4.75. The van der Waals surface area contributed by atoms with Gasteiger partial charge >= 0.3 is 5.97 Å². The van der Waals surface area contributed by atoms with E-state index < -0.39 is 0 Å². The zero-order valence-electron chi connectivity index (χ0n) is 25.0. The zero-order chi connectivity index (χ0) is 29.6. The van der Waals surface area contributed by atoms with Crippen molar-refractivity contribution in [1.82, 2.24) is 9.80 Å². The van der Waals surface area contributed by atoms with Crippen LogP contribution in [0.1, 0.15) is 56.7 Å². The molecule has 2 fully saturated rings. The number of likely N-dealkylation sites (tertiary alicyclic amines) is 1.